The largest absolute Gasteiger partial charge is 0.347 e. The monoisotopic (exact) mass is 211 g/mol. The smallest absolute Gasteiger partial charge is 0.242 e. The molecule has 1 heterocycles. The van der Waals surface area contributed by atoms with E-state index in [9.17, 15) is 9.59 Å². The lowest BCUT2D eigenvalue weighted by atomic mass is 10.3. The van der Waals surface area contributed by atoms with Crippen molar-refractivity contribution in [2.45, 2.75) is 26.4 Å². The van der Waals surface area contributed by atoms with Crippen molar-refractivity contribution < 1.29 is 9.59 Å². The molecule has 1 aromatic heterocycles. The zero-order valence-corrected chi connectivity index (χ0v) is 8.57. The Morgan fingerprint density at radius 2 is 2.33 bits per heavy atom. The predicted molar refractivity (Wildman–Crippen MR) is 51.5 cm³/mol. The van der Waals surface area contributed by atoms with Gasteiger partial charge >= 0.3 is 0 Å². The summed E-state index contributed by atoms with van der Waals surface area (Å²) < 4.78 is 0. The van der Waals surface area contributed by atoms with Crippen LogP contribution in [0.15, 0.2) is 6.33 Å². The predicted octanol–water partition coefficient (Wildman–Crippen LogP) is -1.05. The minimum Gasteiger partial charge on any atom is -0.347 e. The Labute approximate surface area is 86.7 Å². The molecular formula is C8H13N5O2. The van der Waals surface area contributed by atoms with Gasteiger partial charge in [0.1, 0.15) is 18.2 Å². The first-order valence-electron chi connectivity index (χ1n) is 4.48. The number of rotatable bonds is 4. The van der Waals surface area contributed by atoms with Crippen molar-refractivity contribution in [2.24, 2.45) is 0 Å². The number of carbonyl (C=O) groups is 2. The second-order valence-electron chi connectivity index (χ2n) is 3.07. The average Bonchev–Trinajstić information content (AvgIpc) is 2.65. The van der Waals surface area contributed by atoms with Crippen LogP contribution in [0.4, 0.5) is 0 Å². The summed E-state index contributed by atoms with van der Waals surface area (Å²) in [6.45, 7) is 3.24. The maximum absolute atomic E-state index is 11.4. The molecule has 1 atom stereocenters. The van der Waals surface area contributed by atoms with Crippen LogP contribution in [0, 0.1) is 0 Å². The Morgan fingerprint density at radius 1 is 1.60 bits per heavy atom. The van der Waals surface area contributed by atoms with Gasteiger partial charge in [0.05, 0.1) is 6.54 Å². The lowest BCUT2D eigenvalue weighted by Crippen LogP contribution is -2.43. The minimum atomic E-state index is -0.551. The Morgan fingerprint density at radius 3 is 2.87 bits per heavy atom. The van der Waals surface area contributed by atoms with E-state index in [1.54, 1.807) is 6.92 Å². The van der Waals surface area contributed by atoms with Gasteiger partial charge in [0.25, 0.3) is 0 Å². The number of aromatic nitrogens is 3. The molecule has 0 aliphatic carbocycles. The number of nitrogens with zero attached hydrogens (tertiary/aromatic N) is 2. The van der Waals surface area contributed by atoms with Crippen LogP contribution in [0.5, 0.6) is 0 Å². The SMILES string of the molecule is CC(=O)NC(C)C(=O)NCc1ncn[nH]1. The molecule has 0 radical (unpaired) electrons. The molecule has 0 aliphatic rings. The fraction of sp³-hybridized carbons (Fsp3) is 0.500. The number of aromatic amines is 1. The van der Waals surface area contributed by atoms with Crippen LogP contribution >= 0.6 is 0 Å². The van der Waals surface area contributed by atoms with Gasteiger partial charge in [0, 0.05) is 6.92 Å². The van der Waals surface area contributed by atoms with E-state index in [0.717, 1.165) is 0 Å². The molecule has 0 saturated heterocycles. The van der Waals surface area contributed by atoms with E-state index in [0.29, 0.717) is 5.82 Å². The van der Waals surface area contributed by atoms with Crippen molar-refractivity contribution in [3.8, 4) is 0 Å². The van der Waals surface area contributed by atoms with Gasteiger partial charge in [0.2, 0.25) is 11.8 Å². The lowest BCUT2D eigenvalue weighted by Gasteiger charge is -2.11. The molecule has 3 N–H and O–H groups in total. The molecular weight excluding hydrogens is 198 g/mol. The Kier molecular flexibility index (Phi) is 3.78. The second-order valence-corrected chi connectivity index (χ2v) is 3.07. The normalized spacial score (nSPS) is 11.9. The summed E-state index contributed by atoms with van der Waals surface area (Å²) in [5, 5.41) is 11.3. The van der Waals surface area contributed by atoms with Gasteiger partial charge in [-0.3, -0.25) is 14.7 Å². The van der Waals surface area contributed by atoms with E-state index in [1.807, 2.05) is 0 Å². The molecule has 7 nitrogen and oxygen atoms in total. The lowest BCUT2D eigenvalue weighted by molar-refractivity contribution is -0.127. The third-order valence-electron chi connectivity index (χ3n) is 1.71. The van der Waals surface area contributed by atoms with Gasteiger partial charge in [-0.1, -0.05) is 0 Å². The van der Waals surface area contributed by atoms with Crippen LogP contribution in [0.3, 0.4) is 0 Å². The molecule has 1 unspecified atom stereocenters. The third-order valence-corrected chi connectivity index (χ3v) is 1.71. The second kappa shape index (κ2) is 5.08. The first-order valence-corrected chi connectivity index (χ1v) is 4.48. The quantitative estimate of drug-likeness (QED) is 0.591. The van der Waals surface area contributed by atoms with Crippen LogP contribution in [0.25, 0.3) is 0 Å². The van der Waals surface area contributed by atoms with Crippen molar-refractivity contribution in [3.63, 3.8) is 0 Å². The summed E-state index contributed by atoms with van der Waals surface area (Å²) in [4.78, 5) is 25.9. The van der Waals surface area contributed by atoms with Gasteiger partial charge < -0.3 is 10.6 Å². The molecule has 1 aromatic rings. The molecule has 0 saturated carbocycles. The topological polar surface area (TPSA) is 99.8 Å². The maximum Gasteiger partial charge on any atom is 0.242 e. The summed E-state index contributed by atoms with van der Waals surface area (Å²) in [5.74, 6) is 0.0669. The van der Waals surface area contributed by atoms with Crippen LogP contribution in [0.1, 0.15) is 19.7 Å². The maximum atomic E-state index is 11.4. The standard InChI is InChI=1S/C8H13N5O2/c1-5(12-6(2)14)8(15)9-3-7-10-4-11-13-7/h4-5H,3H2,1-2H3,(H,9,15)(H,12,14)(H,10,11,13). The Bertz CT molecular complexity index is 335. The molecule has 0 bridgehead atoms. The van der Waals surface area contributed by atoms with E-state index >= 15 is 0 Å². The Hall–Kier alpha value is -1.92. The summed E-state index contributed by atoms with van der Waals surface area (Å²) in [6, 6.07) is -0.551. The summed E-state index contributed by atoms with van der Waals surface area (Å²) in [7, 11) is 0. The van der Waals surface area contributed by atoms with E-state index in [1.165, 1.54) is 13.3 Å². The molecule has 0 fully saturated rings. The van der Waals surface area contributed by atoms with Gasteiger partial charge in [0.15, 0.2) is 0 Å². The first-order chi connectivity index (χ1) is 7.09. The van der Waals surface area contributed by atoms with E-state index in [4.69, 9.17) is 0 Å². The highest BCUT2D eigenvalue weighted by Crippen LogP contribution is 1.87. The van der Waals surface area contributed by atoms with Crippen molar-refractivity contribution in [3.05, 3.63) is 12.2 Å². The number of carbonyl (C=O) groups excluding carboxylic acids is 2. The minimum absolute atomic E-state index is 0.239. The highest BCUT2D eigenvalue weighted by molar-refractivity contribution is 5.86. The third kappa shape index (κ3) is 3.75. The number of amides is 2. The van der Waals surface area contributed by atoms with E-state index in [-0.39, 0.29) is 18.4 Å². The molecule has 0 spiro atoms. The molecule has 2 amide bonds. The van der Waals surface area contributed by atoms with Crippen LogP contribution in [0.2, 0.25) is 0 Å². The number of H-pyrrole nitrogens is 1. The summed E-state index contributed by atoms with van der Waals surface area (Å²) >= 11 is 0. The van der Waals surface area contributed by atoms with Gasteiger partial charge in [-0.25, -0.2) is 4.98 Å². The zero-order valence-electron chi connectivity index (χ0n) is 8.57. The summed E-state index contributed by atoms with van der Waals surface area (Å²) in [5.41, 5.74) is 0. The van der Waals surface area contributed by atoms with Gasteiger partial charge in [-0.2, -0.15) is 5.10 Å². The molecule has 0 aromatic carbocycles. The van der Waals surface area contributed by atoms with Gasteiger partial charge in [-0.15, -0.1) is 0 Å². The average molecular weight is 211 g/mol. The van der Waals surface area contributed by atoms with Crippen molar-refractivity contribution in [1.29, 1.82) is 0 Å². The Balaban J connectivity index is 2.32. The number of nitrogens with one attached hydrogen (secondary N) is 3. The highest BCUT2D eigenvalue weighted by atomic mass is 16.2. The molecule has 82 valence electrons. The van der Waals surface area contributed by atoms with Crippen LogP contribution in [-0.2, 0) is 16.1 Å². The molecule has 15 heavy (non-hydrogen) atoms. The number of hydrogen-bond acceptors (Lipinski definition) is 4. The number of hydrogen-bond donors (Lipinski definition) is 3. The summed E-state index contributed by atoms with van der Waals surface area (Å²) in [6.07, 6.45) is 1.36. The van der Waals surface area contributed by atoms with Crippen LogP contribution < -0.4 is 10.6 Å². The fourth-order valence-corrected chi connectivity index (χ4v) is 1.01. The highest BCUT2D eigenvalue weighted by Gasteiger charge is 2.13. The van der Waals surface area contributed by atoms with Crippen molar-refractivity contribution in [2.75, 3.05) is 0 Å². The fourth-order valence-electron chi connectivity index (χ4n) is 1.01. The van der Waals surface area contributed by atoms with E-state index in [2.05, 4.69) is 25.8 Å². The zero-order chi connectivity index (χ0) is 11.3. The van der Waals surface area contributed by atoms with Crippen LogP contribution in [-0.4, -0.2) is 33.0 Å². The first kappa shape index (κ1) is 11.2. The van der Waals surface area contributed by atoms with Crippen molar-refractivity contribution >= 4 is 11.8 Å². The molecule has 7 heteroatoms. The molecule has 1 rings (SSSR count). The van der Waals surface area contributed by atoms with Gasteiger partial charge in [-0.05, 0) is 6.92 Å². The molecule has 0 aliphatic heterocycles. The van der Waals surface area contributed by atoms with E-state index < -0.39 is 6.04 Å². The van der Waals surface area contributed by atoms with Crippen molar-refractivity contribution in [1.82, 2.24) is 25.8 Å².